The van der Waals surface area contributed by atoms with Crippen LogP contribution in [-0.2, 0) is 22.7 Å². The molecule has 1 aromatic carbocycles. The van der Waals surface area contributed by atoms with Gasteiger partial charge in [0, 0.05) is 12.1 Å². The van der Waals surface area contributed by atoms with E-state index in [1.54, 1.807) is 13.3 Å². The molecule has 0 radical (unpaired) electrons. The summed E-state index contributed by atoms with van der Waals surface area (Å²) in [5, 5.41) is 0. The van der Waals surface area contributed by atoms with Crippen LogP contribution in [0.3, 0.4) is 0 Å². The minimum absolute atomic E-state index is 0.213. The van der Waals surface area contributed by atoms with E-state index in [0.29, 0.717) is 12.1 Å². The number of nitrogens with zero attached hydrogens (tertiary/aromatic N) is 2. The maximum Gasteiger partial charge on any atom is 0.333 e. The largest absolute Gasteiger partial charge is 0.456 e. The fourth-order valence-electron chi connectivity index (χ4n) is 1.87. The molecule has 0 amide bonds. The lowest BCUT2D eigenvalue weighted by Gasteiger charge is -2.10. The van der Waals surface area contributed by atoms with Crippen molar-refractivity contribution < 1.29 is 9.53 Å². The minimum Gasteiger partial charge on any atom is -0.456 e. The van der Waals surface area contributed by atoms with Crippen molar-refractivity contribution in [1.82, 2.24) is 9.55 Å². The first-order chi connectivity index (χ1) is 9.58. The van der Waals surface area contributed by atoms with E-state index in [2.05, 4.69) is 23.7 Å². The molecule has 2 aromatic rings. The van der Waals surface area contributed by atoms with Gasteiger partial charge in [-0.1, -0.05) is 36.9 Å². The summed E-state index contributed by atoms with van der Waals surface area (Å²) in [4.78, 5) is 15.8. The molecule has 104 valence electrons. The van der Waals surface area contributed by atoms with Crippen LogP contribution in [0.2, 0.25) is 0 Å². The molecule has 0 unspecified atom stereocenters. The minimum atomic E-state index is -0.378. The van der Waals surface area contributed by atoms with E-state index in [9.17, 15) is 4.79 Å². The van der Waals surface area contributed by atoms with E-state index in [1.807, 2.05) is 29.7 Å². The van der Waals surface area contributed by atoms with Crippen molar-refractivity contribution in [2.24, 2.45) is 0 Å². The Morgan fingerprint density at radius 2 is 2.05 bits per heavy atom. The molecule has 0 aliphatic rings. The number of carbonyl (C=O) groups is 1. The summed E-state index contributed by atoms with van der Waals surface area (Å²) in [6, 6.07) is 10.1. The molecular weight excluding hydrogens is 252 g/mol. The van der Waals surface area contributed by atoms with Crippen molar-refractivity contribution in [1.29, 1.82) is 0 Å². The third-order valence-electron chi connectivity index (χ3n) is 3.04. The van der Waals surface area contributed by atoms with Gasteiger partial charge < -0.3 is 9.30 Å². The number of benzene rings is 1. The summed E-state index contributed by atoms with van der Waals surface area (Å²) in [6.07, 6.45) is 1.77. The van der Waals surface area contributed by atoms with E-state index in [1.165, 1.54) is 5.56 Å². The molecule has 0 atom stereocenters. The Morgan fingerprint density at radius 3 is 2.70 bits per heavy atom. The van der Waals surface area contributed by atoms with Crippen molar-refractivity contribution in [3.8, 4) is 0 Å². The first kappa shape index (κ1) is 14.1. The molecule has 0 aliphatic carbocycles. The van der Waals surface area contributed by atoms with E-state index < -0.39 is 0 Å². The average Bonchev–Trinajstić information content (AvgIpc) is 2.78. The van der Waals surface area contributed by atoms with Gasteiger partial charge in [0.05, 0.1) is 17.7 Å². The summed E-state index contributed by atoms with van der Waals surface area (Å²) >= 11 is 0. The SMILES string of the molecule is C=C(C)C(=O)OCc1c(C)ncn1Cc1ccccc1. The van der Waals surface area contributed by atoms with E-state index in [0.717, 1.165) is 11.4 Å². The predicted octanol–water partition coefficient (Wildman–Crippen LogP) is 2.86. The predicted molar refractivity (Wildman–Crippen MR) is 77.1 cm³/mol. The van der Waals surface area contributed by atoms with Crippen LogP contribution >= 0.6 is 0 Å². The fraction of sp³-hybridized carbons (Fsp3) is 0.250. The van der Waals surface area contributed by atoms with Crippen LogP contribution in [0, 0.1) is 6.92 Å². The number of esters is 1. The summed E-state index contributed by atoms with van der Waals surface area (Å²) in [5.74, 6) is -0.378. The summed E-state index contributed by atoms with van der Waals surface area (Å²) < 4.78 is 7.20. The molecule has 1 aromatic heterocycles. The molecule has 4 heteroatoms. The highest BCUT2D eigenvalue weighted by Crippen LogP contribution is 2.12. The second-order valence-electron chi connectivity index (χ2n) is 4.75. The number of carbonyl (C=O) groups excluding carboxylic acids is 1. The first-order valence-electron chi connectivity index (χ1n) is 6.45. The standard InChI is InChI=1S/C16H18N2O2/c1-12(2)16(19)20-10-15-13(3)17-11-18(15)9-14-7-5-4-6-8-14/h4-8,11H,1,9-10H2,2-3H3. The average molecular weight is 270 g/mol. The second kappa shape index (κ2) is 6.19. The van der Waals surface area contributed by atoms with Gasteiger partial charge in [-0.25, -0.2) is 9.78 Å². The van der Waals surface area contributed by atoms with Crippen molar-refractivity contribution in [3.05, 3.63) is 65.8 Å². The van der Waals surface area contributed by atoms with Gasteiger partial charge in [-0.05, 0) is 19.4 Å². The number of aromatic nitrogens is 2. The molecule has 0 bridgehead atoms. The Kier molecular flexibility index (Phi) is 4.35. The van der Waals surface area contributed by atoms with Crippen LogP contribution in [0.5, 0.6) is 0 Å². The van der Waals surface area contributed by atoms with E-state index in [-0.39, 0.29) is 12.6 Å². The summed E-state index contributed by atoms with van der Waals surface area (Å²) in [6.45, 7) is 8.04. The van der Waals surface area contributed by atoms with Gasteiger partial charge in [0.2, 0.25) is 0 Å². The highest BCUT2D eigenvalue weighted by molar-refractivity contribution is 5.86. The second-order valence-corrected chi connectivity index (χ2v) is 4.75. The van der Waals surface area contributed by atoms with Gasteiger partial charge in [-0.2, -0.15) is 0 Å². The number of hydrogen-bond donors (Lipinski definition) is 0. The number of ether oxygens (including phenoxy) is 1. The normalized spacial score (nSPS) is 10.3. The lowest BCUT2D eigenvalue weighted by Crippen LogP contribution is -2.10. The van der Waals surface area contributed by atoms with Gasteiger partial charge in [0.15, 0.2) is 0 Å². The number of rotatable bonds is 5. The lowest BCUT2D eigenvalue weighted by atomic mass is 10.2. The van der Waals surface area contributed by atoms with Crippen LogP contribution in [0.1, 0.15) is 23.9 Å². The molecule has 20 heavy (non-hydrogen) atoms. The zero-order valence-electron chi connectivity index (χ0n) is 11.8. The summed E-state index contributed by atoms with van der Waals surface area (Å²) in [5.41, 5.74) is 3.35. The van der Waals surface area contributed by atoms with Gasteiger partial charge in [-0.15, -0.1) is 0 Å². The Hall–Kier alpha value is -2.36. The van der Waals surface area contributed by atoms with Crippen LogP contribution in [0.15, 0.2) is 48.8 Å². The van der Waals surface area contributed by atoms with E-state index in [4.69, 9.17) is 4.74 Å². The maximum absolute atomic E-state index is 11.5. The van der Waals surface area contributed by atoms with Crippen molar-refractivity contribution in [3.63, 3.8) is 0 Å². The number of hydrogen-bond acceptors (Lipinski definition) is 3. The smallest absolute Gasteiger partial charge is 0.333 e. The first-order valence-corrected chi connectivity index (χ1v) is 6.45. The Bertz CT molecular complexity index is 615. The van der Waals surface area contributed by atoms with Crippen molar-refractivity contribution in [2.45, 2.75) is 27.0 Å². The Morgan fingerprint density at radius 1 is 1.35 bits per heavy atom. The van der Waals surface area contributed by atoms with Crippen LogP contribution in [0.4, 0.5) is 0 Å². The van der Waals surface area contributed by atoms with Gasteiger partial charge in [0.1, 0.15) is 6.61 Å². The molecule has 2 rings (SSSR count). The number of imidazole rings is 1. The lowest BCUT2D eigenvalue weighted by molar-refractivity contribution is -0.140. The molecule has 0 saturated heterocycles. The zero-order chi connectivity index (χ0) is 14.5. The fourth-order valence-corrected chi connectivity index (χ4v) is 1.87. The molecule has 1 heterocycles. The van der Waals surface area contributed by atoms with Crippen LogP contribution < -0.4 is 0 Å². The van der Waals surface area contributed by atoms with Crippen molar-refractivity contribution in [2.75, 3.05) is 0 Å². The monoisotopic (exact) mass is 270 g/mol. The third-order valence-corrected chi connectivity index (χ3v) is 3.04. The Labute approximate surface area is 118 Å². The highest BCUT2D eigenvalue weighted by atomic mass is 16.5. The Balaban J connectivity index is 2.11. The molecule has 0 saturated carbocycles. The number of aryl methyl sites for hydroxylation is 1. The molecular formula is C16H18N2O2. The molecule has 0 aliphatic heterocycles. The maximum atomic E-state index is 11.5. The highest BCUT2D eigenvalue weighted by Gasteiger charge is 2.11. The quantitative estimate of drug-likeness (QED) is 0.620. The summed E-state index contributed by atoms with van der Waals surface area (Å²) in [7, 11) is 0. The topological polar surface area (TPSA) is 44.1 Å². The zero-order valence-corrected chi connectivity index (χ0v) is 11.8. The molecule has 0 fully saturated rings. The van der Waals surface area contributed by atoms with Gasteiger partial charge >= 0.3 is 5.97 Å². The van der Waals surface area contributed by atoms with Gasteiger partial charge in [-0.3, -0.25) is 0 Å². The van der Waals surface area contributed by atoms with Crippen LogP contribution in [-0.4, -0.2) is 15.5 Å². The van der Waals surface area contributed by atoms with Crippen molar-refractivity contribution >= 4 is 5.97 Å². The van der Waals surface area contributed by atoms with E-state index >= 15 is 0 Å². The van der Waals surface area contributed by atoms with Crippen LogP contribution in [0.25, 0.3) is 0 Å². The molecule has 0 N–H and O–H groups in total. The van der Waals surface area contributed by atoms with Gasteiger partial charge in [0.25, 0.3) is 0 Å². The third kappa shape index (κ3) is 3.35. The molecule has 4 nitrogen and oxygen atoms in total. The molecule has 0 spiro atoms.